The summed E-state index contributed by atoms with van der Waals surface area (Å²) in [5.74, 6) is 0.118. The van der Waals surface area contributed by atoms with Crippen LogP contribution >= 0.6 is 11.6 Å². The van der Waals surface area contributed by atoms with E-state index in [9.17, 15) is 19.1 Å². The Balaban J connectivity index is 1.36. The first-order chi connectivity index (χ1) is 12.9. The fourth-order valence-electron chi connectivity index (χ4n) is 4.97. The highest BCUT2D eigenvalue weighted by Gasteiger charge is 2.43. The molecule has 0 aromatic heterocycles. The van der Waals surface area contributed by atoms with Crippen LogP contribution in [0.5, 0.6) is 0 Å². The minimum atomic E-state index is -0.774. The van der Waals surface area contributed by atoms with Crippen LogP contribution in [0, 0.1) is 23.6 Å². The fraction of sp³-hybridized carbons (Fsp3) is 0.600. The Labute approximate surface area is 162 Å². The van der Waals surface area contributed by atoms with Gasteiger partial charge in [-0.25, -0.2) is 4.39 Å². The number of amides is 2. The fourth-order valence-corrected chi connectivity index (χ4v) is 5.22. The highest BCUT2D eigenvalue weighted by atomic mass is 35.5. The van der Waals surface area contributed by atoms with Gasteiger partial charge in [-0.3, -0.25) is 9.59 Å². The Kier molecular flexibility index (Phi) is 5.12. The molecule has 5 nitrogen and oxygen atoms in total. The highest BCUT2D eigenvalue weighted by Crippen LogP contribution is 2.39. The van der Waals surface area contributed by atoms with Gasteiger partial charge in [0.25, 0.3) is 5.91 Å². The molecule has 4 rings (SSSR count). The summed E-state index contributed by atoms with van der Waals surface area (Å²) in [5, 5.41) is 13.1. The zero-order valence-corrected chi connectivity index (χ0v) is 15.8. The van der Waals surface area contributed by atoms with Crippen LogP contribution in [0.3, 0.4) is 0 Å². The first-order valence-corrected chi connectivity index (χ1v) is 10.0. The molecule has 1 saturated heterocycles. The van der Waals surface area contributed by atoms with E-state index in [1.54, 1.807) is 0 Å². The number of hydrogen-bond acceptors (Lipinski definition) is 3. The molecule has 1 aromatic carbocycles. The number of aliphatic hydroxyl groups excluding tert-OH is 1. The third-order valence-electron chi connectivity index (χ3n) is 6.41. The number of rotatable bonds is 3. The van der Waals surface area contributed by atoms with Gasteiger partial charge in [0.1, 0.15) is 5.82 Å². The van der Waals surface area contributed by atoms with Crippen LogP contribution in [0.4, 0.5) is 4.39 Å². The van der Waals surface area contributed by atoms with E-state index in [1.165, 1.54) is 31.4 Å². The van der Waals surface area contributed by atoms with Crippen LogP contribution in [0.25, 0.3) is 0 Å². The van der Waals surface area contributed by atoms with Crippen LogP contribution < -0.4 is 5.32 Å². The van der Waals surface area contributed by atoms with E-state index in [0.717, 1.165) is 19.2 Å². The number of hydrogen-bond donors (Lipinski definition) is 2. The summed E-state index contributed by atoms with van der Waals surface area (Å²) < 4.78 is 13.2. The zero-order valence-electron chi connectivity index (χ0n) is 15.0. The molecule has 2 aliphatic carbocycles. The minimum Gasteiger partial charge on any atom is -0.391 e. The first-order valence-electron chi connectivity index (χ1n) is 9.65. The zero-order chi connectivity index (χ0) is 19.1. The standard InChI is InChI=1S/C20H24ClFN2O3/c21-16-8-14(22)4-5-15(16)19(26)23-17-6-13(7-18(17)25)20(27)24-9-11-2-1-3-12(11)10-24/h4-5,8,11-13,17-18,25H,1-3,6-7,9-10H2,(H,23,26)/t11-,12+,13-,17-,18-/m0/s1. The normalized spacial score (nSPS) is 32.6. The number of aliphatic hydroxyl groups is 1. The van der Waals surface area contributed by atoms with Gasteiger partial charge in [0.05, 0.1) is 22.7 Å². The molecule has 27 heavy (non-hydrogen) atoms. The molecule has 3 aliphatic rings. The molecule has 0 unspecified atom stereocenters. The molecule has 1 heterocycles. The summed E-state index contributed by atoms with van der Waals surface area (Å²) in [5.41, 5.74) is 0.160. The molecular formula is C20H24ClFN2O3. The summed E-state index contributed by atoms with van der Waals surface area (Å²) in [6.07, 6.45) is 3.67. The van der Waals surface area contributed by atoms with Gasteiger partial charge in [-0.15, -0.1) is 0 Å². The number of carbonyl (C=O) groups is 2. The van der Waals surface area contributed by atoms with Gasteiger partial charge in [0, 0.05) is 19.0 Å². The summed E-state index contributed by atoms with van der Waals surface area (Å²) in [6.45, 7) is 1.66. The topological polar surface area (TPSA) is 69.6 Å². The molecule has 1 aliphatic heterocycles. The van der Waals surface area contributed by atoms with Gasteiger partial charge in [0.2, 0.25) is 5.91 Å². The molecular weight excluding hydrogens is 371 g/mol. The molecule has 2 N–H and O–H groups in total. The van der Waals surface area contributed by atoms with Crippen molar-refractivity contribution in [1.82, 2.24) is 10.2 Å². The molecule has 3 fully saturated rings. The quantitative estimate of drug-likeness (QED) is 0.828. The SMILES string of the molecule is O=C(N[C@H]1C[C@H](C(=O)N2C[C@H]3CCC[C@H]3C2)C[C@@H]1O)c1ccc(F)cc1Cl. The van der Waals surface area contributed by atoms with Gasteiger partial charge in [-0.05, 0) is 55.7 Å². The summed E-state index contributed by atoms with van der Waals surface area (Å²) >= 11 is 5.93. The van der Waals surface area contributed by atoms with Crippen LogP contribution in [0.2, 0.25) is 5.02 Å². The number of benzene rings is 1. The molecule has 146 valence electrons. The Morgan fingerprint density at radius 3 is 2.56 bits per heavy atom. The van der Waals surface area contributed by atoms with Crippen molar-refractivity contribution in [2.45, 2.75) is 44.2 Å². The van der Waals surface area contributed by atoms with E-state index < -0.39 is 23.9 Å². The molecule has 0 spiro atoms. The molecule has 0 radical (unpaired) electrons. The van der Waals surface area contributed by atoms with Gasteiger partial charge in [-0.1, -0.05) is 18.0 Å². The van der Waals surface area contributed by atoms with E-state index in [4.69, 9.17) is 11.6 Å². The molecule has 0 bridgehead atoms. The lowest BCUT2D eigenvalue weighted by Crippen LogP contribution is -2.40. The predicted octanol–water partition coefficient (Wildman–Crippen LogP) is 2.61. The average Bonchev–Trinajstić information content (AvgIpc) is 3.29. The molecule has 1 aromatic rings. The van der Waals surface area contributed by atoms with E-state index in [1.807, 2.05) is 4.90 Å². The smallest absolute Gasteiger partial charge is 0.253 e. The van der Waals surface area contributed by atoms with Crippen LogP contribution in [0.15, 0.2) is 18.2 Å². The monoisotopic (exact) mass is 394 g/mol. The van der Waals surface area contributed by atoms with Gasteiger partial charge in [0.15, 0.2) is 0 Å². The number of carbonyl (C=O) groups excluding carboxylic acids is 2. The van der Waals surface area contributed by atoms with Crippen molar-refractivity contribution in [2.24, 2.45) is 17.8 Å². The maximum absolute atomic E-state index is 13.2. The van der Waals surface area contributed by atoms with Crippen molar-refractivity contribution >= 4 is 23.4 Å². The van der Waals surface area contributed by atoms with E-state index in [0.29, 0.717) is 24.7 Å². The Morgan fingerprint density at radius 2 is 1.89 bits per heavy atom. The third kappa shape index (κ3) is 3.69. The lowest BCUT2D eigenvalue weighted by atomic mass is 10.0. The highest BCUT2D eigenvalue weighted by molar-refractivity contribution is 6.33. The molecule has 2 saturated carbocycles. The second-order valence-corrected chi connectivity index (χ2v) is 8.54. The number of nitrogens with one attached hydrogen (secondary N) is 1. The maximum Gasteiger partial charge on any atom is 0.253 e. The second-order valence-electron chi connectivity index (χ2n) is 8.13. The van der Waals surface area contributed by atoms with Crippen molar-refractivity contribution in [1.29, 1.82) is 0 Å². The van der Waals surface area contributed by atoms with Gasteiger partial charge in [-0.2, -0.15) is 0 Å². The van der Waals surface area contributed by atoms with Crippen LogP contribution in [-0.4, -0.2) is 47.1 Å². The third-order valence-corrected chi connectivity index (χ3v) is 6.72. The van der Waals surface area contributed by atoms with E-state index in [-0.39, 0.29) is 22.4 Å². The van der Waals surface area contributed by atoms with Crippen molar-refractivity contribution in [3.63, 3.8) is 0 Å². The Bertz CT molecular complexity index is 747. The van der Waals surface area contributed by atoms with E-state index in [2.05, 4.69) is 5.32 Å². The number of fused-ring (bicyclic) bond motifs is 1. The largest absolute Gasteiger partial charge is 0.391 e. The first kappa shape index (κ1) is 18.7. The van der Waals surface area contributed by atoms with Crippen LogP contribution in [-0.2, 0) is 4.79 Å². The number of halogens is 2. The lowest BCUT2D eigenvalue weighted by molar-refractivity contribution is -0.134. The summed E-state index contributed by atoms with van der Waals surface area (Å²) in [7, 11) is 0. The van der Waals surface area contributed by atoms with Gasteiger partial charge >= 0.3 is 0 Å². The minimum absolute atomic E-state index is 0.0243. The van der Waals surface area contributed by atoms with Crippen molar-refractivity contribution in [3.05, 3.63) is 34.6 Å². The van der Waals surface area contributed by atoms with E-state index >= 15 is 0 Å². The number of nitrogens with zero attached hydrogens (tertiary/aromatic N) is 1. The van der Waals surface area contributed by atoms with Crippen molar-refractivity contribution in [3.8, 4) is 0 Å². The Hall–Kier alpha value is -1.66. The predicted molar refractivity (Wildman–Crippen MR) is 98.8 cm³/mol. The molecule has 5 atom stereocenters. The molecule has 7 heteroatoms. The average molecular weight is 395 g/mol. The molecule has 2 amide bonds. The second kappa shape index (κ2) is 7.40. The number of likely N-dealkylation sites (tertiary alicyclic amines) is 1. The lowest BCUT2D eigenvalue weighted by Gasteiger charge is -2.21. The summed E-state index contributed by atoms with van der Waals surface area (Å²) in [6, 6.07) is 3.07. The maximum atomic E-state index is 13.2. The van der Waals surface area contributed by atoms with Crippen molar-refractivity contribution < 1.29 is 19.1 Å². The Morgan fingerprint density at radius 1 is 1.19 bits per heavy atom. The van der Waals surface area contributed by atoms with Gasteiger partial charge < -0.3 is 15.3 Å². The summed E-state index contributed by atoms with van der Waals surface area (Å²) in [4.78, 5) is 27.2. The van der Waals surface area contributed by atoms with Crippen LogP contribution in [0.1, 0.15) is 42.5 Å². The van der Waals surface area contributed by atoms with Crippen molar-refractivity contribution in [2.75, 3.05) is 13.1 Å².